The van der Waals surface area contributed by atoms with Crippen LogP contribution in [0.15, 0.2) is 97.1 Å². The van der Waals surface area contributed by atoms with Gasteiger partial charge in [0.2, 0.25) is 0 Å². The lowest BCUT2D eigenvalue weighted by Crippen LogP contribution is -2.59. The Morgan fingerprint density at radius 1 is 0.875 bits per heavy atom. The molecule has 0 amide bonds. The number of halogens is 2. The fraction of sp³-hybridized carbons (Fsp3) is 0.226. The van der Waals surface area contributed by atoms with Crippen LogP contribution < -0.4 is 4.74 Å². The van der Waals surface area contributed by atoms with E-state index in [0.717, 1.165) is 22.9 Å². The summed E-state index contributed by atoms with van der Waals surface area (Å²) in [6.45, 7) is 0.764. The highest BCUT2D eigenvalue weighted by atomic mass is 32.2. The lowest BCUT2D eigenvalue weighted by Gasteiger charge is -2.49. The molecule has 0 aromatic heterocycles. The van der Waals surface area contributed by atoms with Crippen molar-refractivity contribution in [2.75, 3.05) is 26.5 Å². The van der Waals surface area contributed by atoms with E-state index in [-0.39, 0.29) is 13.2 Å². The Bertz CT molecular complexity index is 1520. The van der Waals surface area contributed by atoms with Crippen molar-refractivity contribution in [1.82, 2.24) is 4.90 Å². The molecule has 0 saturated carbocycles. The molecule has 1 aliphatic heterocycles. The van der Waals surface area contributed by atoms with Crippen molar-refractivity contribution < 1.29 is 30.9 Å². The van der Waals surface area contributed by atoms with E-state index < -0.39 is 33.6 Å². The van der Waals surface area contributed by atoms with Crippen molar-refractivity contribution in [3.05, 3.63) is 125 Å². The summed E-state index contributed by atoms with van der Waals surface area (Å²) in [4.78, 5) is 1.85. The molecule has 1 heterocycles. The molecule has 0 N–H and O–H groups in total. The van der Waals surface area contributed by atoms with Crippen LogP contribution in [0.1, 0.15) is 16.7 Å². The van der Waals surface area contributed by atoms with Crippen molar-refractivity contribution in [3.63, 3.8) is 0 Å². The fourth-order valence-corrected chi connectivity index (χ4v) is 5.84. The molecular weight excluding hydrogens is 536 g/mol. The highest BCUT2D eigenvalue weighted by Crippen LogP contribution is 2.44. The van der Waals surface area contributed by atoms with Crippen LogP contribution in [0.4, 0.5) is 8.78 Å². The highest BCUT2D eigenvalue weighted by molar-refractivity contribution is 7.86. The van der Waals surface area contributed by atoms with Gasteiger partial charge >= 0.3 is 0 Å². The largest absolute Gasteiger partial charge is 0.496 e. The Balaban J connectivity index is 1.65. The predicted octanol–water partition coefficient (Wildman–Crippen LogP) is 5.72. The zero-order chi connectivity index (χ0) is 28.3. The summed E-state index contributed by atoms with van der Waals surface area (Å²) in [6.07, 6.45) is -0.242. The molecule has 0 aliphatic carbocycles. The molecule has 1 unspecified atom stereocenters. The third-order valence-electron chi connectivity index (χ3n) is 6.96. The minimum absolute atomic E-state index is 0.194. The highest BCUT2D eigenvalue weighted by Gasteiger charge is 2.51. The van der Waals surface area contributed by atoms with E-state index in [9.17, 15) is 17.2 Å². The monoisotopic (exact) mass is 565 g/mol. The summed E-state index contributed by atoms with van der Waals surface area (Å²) in [5.74, 6) is -0.283. The summed E-state index contributed by atoms with van der Waals surface area (Å²) >= 11 is 0. The first-order chi connectivity index (χ1) is 19.2. The molecule has 40 heavy (non-hydrogen) atoms. The molecule has 0 spiro atoms. The van der Waals surface area contributed by atoms with Crippen LogP contribution in [-0.2, 0) is 31.2 Å². The van der Waals surface area contributed by atoms with Crippen LogP contribution in [0.25, 0.3) is 11.1 Å². The molecule has 1 saturated heterocycles. The first kappa shape index (κ1) is 27.9. The SMILES string of the molecule is COc1c(CN2CCOC(c3ccc(F)cc3)(c3ccc(F)cc3)C2OS(C)(=O)=O)cccc1-c1ccccc1. The van der Waals surface area contributed by atoms with Gasteiger partial charge in [-0.05, 0) is 41.0 Å². The Morgan fingerprint density at radius 2 is 1.48 bits per heavy atom. The maximum absolute atomic E-state index is 14.0. The molecule has 1 atom stereocenters. The van der Waals surface area contributed by atoms with E-state index in [0.29, 0.717) is 23.4 Å². The molecule has 0 bridgehead atoms. The van der Waals surface area contributed by atoms with E-state index in [1.54, 1.807) is 7.11 Å². The van der Waals surface area contributed by atoms with E-state index in [1.165, 1.54) is 48.5 Å². The van der Waals surface area contributed by atoms with Gasteiger partial charge < -0.3 is 9.47 Å². The number of hydrogen-bond donors (Lipinski definition) is 0. The molecular formula is C31H29F2NO5S. The van der Waals surface area contributed by atoms with Gasteiger partial charge in [0.15, 0.2) is 11.8 Å². The van der Waals surface area contributed by atoms with Crippen LogP contribution in [0.5, 0.6) is 5.75 Å². The average molecular weight is 566 g/mol. The minimum atomic E-state index is -4.02. The van der Waals surface area contributed by atoms with Crippen molar-refractivity contribution >= 4 is 10.1 Å². The first-order valence-corrected chi connectivity index (χ1v) is 14.5. The van der Waals surface area contributed by atoms with Crippen LogP contribution in [0.3, 0.4) is 0 Å². The number of nitrogens with zero attached hydrogens (tertiary/aromatic N) is 1. The van der Waals surface area contributed by atoms with E-state index in [4.69, 9.17) is 13.7 Å². The normalized spacial score (nSPS) is 17.4. The van der Waals surface area contributed by atoms with Gasteiger partial charge in [0.25, 0.3) is 10.1 Å². The molecule has 0 radical (unpaired) electrons. The summed E-state index contributed by atoms with van der Waals surface area (Å²) < 4.78 is 71.3. The molecule has 4 aromatic carbocycles. The van der Waals surface area contributed by atoms with Gasteiger partial charge in [-0.2, -0.15) is 8.42 Å². The van der Waals surface area contributed by atoms with Crippen LogP contribution in [0, 0.1) is 11.6 Å². The Kier molecular flexibility index (Phi) is 8.00. The summed E-state index contributed by atoms with van der Waals surface area (Å²) in [5, 5.41) is 0. The molecule has 4 aromatic rings. The number of para-hydroxylation sites is 1. The average Bonchev–Trinajstić information content (AvgIpc) is 2.94. The molecule has 1 aliphatic rings. The maximum atomic E-state index is 14.0. The number of methoxy groups -OCH3 is 1. The van der Waals surface area contributed by atoms with Crippen LogP contribution in [0.2, 0.25) is 0 Å². The zero-order valence-corrected chi connectivity index (χ0v) is 22.9. The first-order valence-electron chi connectivity index (χ1n) is 12.7. The number of hydrogen-bond acceptors (Lipinski definition) is 6. The number of ether oxygens (including phenoxy) is 2. The molecule has 1 fully saturated rings. The van der Waals surface area contributed by atoms with Crippen molar-refractivity contribution in [2.24, 2.45) is 0 Å². The van der Waals surface area contributed by atoms with Gasteiger partial charge in [-0.1, -0.05) is 72.8 Å². The Labute approximate surface area is 232 Å². The third-order valence-corrected chi connectivity index (χ3v) is 7.49. The fourth-order valence-electron chi connectivity index (χ4n) is 5.25. The molecule has 6 nitrogen and oxygen atoms in total. The number of benzene rings is 4. The lowest BCUT2D eigenvalue weighted by atomic mass is 9.82. The number of rotatable bonds is 8. The number of morpholine rings is 1. The Hall–Kier alpha value is -3.63. The standard InChI is InChI=1S/C31H29F2NO5S/c1-37-29-23(9-6-10-28(29)22-7-4-3-5-8-22)21-34-19-20-38-31(30(34)39-40(2,35)36,24-11-15-26(32)16-12-24)25-13-17-27(33)18-14-25/h3-18,30H,19-21H2,1-2H3. The smallest absolute Gasteiger partial charge is 0.266 e. The van der Waals surface area contributed by atoms with E-state index >= 15 is 0 Å². The van der Waals surface area contributed by atoms with Crippen molar-refractivity contribution in [1.29, 1.82) is 0 Å². The predicted molar refractivity (Wildman–Crippen MR) is 148 cm³/mol. The molecule has 5 rings (SSSR count). The van der Waals surface area contributed by atoms with Gasteiger partial charge in [-0.25, -0.2) is 13.0 Å². The second kappa shape index (κ2) is 11.5. The van der Waals surface area contributed by atoms with E-state index in [1.807, 2.05) is 53.4 Å². The molecule has 9 heteroatoms. The van der Waals surface area contributed by atoms with Gasteiger partial charge in [0.1, 0.15) is 17.4 Å². The summed E-state index contributed by atoms with van der Waals surface area (Å²) in [5.41, 5.74) is 2.07. The van der Waals surface area contributed by atoms with Gasteiger partial charge in [-0.3, -0.25) is 4.90 Å². The maximum Gasteiger partial charge on any atom is 0.266 e. The third kappa shape index (κ3) is 5.64. The molecule has 208 valence electrons. The van der Waals surface area contributed by atoms with Crippen LogP contribution in [-0.4, -0.2) is 46.1 Å². The quantitative estimate of drug-likeness (QED) is 0.255. The van der Waals surface area contributed by atoms with E-state index in [2.05, 4.69) is 0 Å². The summed E-state index contributed by atoms with van der Waals surface area (Å²) in [7, 11) is -2.43. The second-order valence-electron chi connectivity index (χ2n) is 9.59. The second-order valence-corrected chi connectivity index (χ2v) is 11.2. The van der Waals surface area contributed by atoms with Crippen LogP contribution >= 0.6 is 0 Å². The summed E-state index contributed by atoms with van der Waals surface area (Å²) in [6, 6.07) is 26.8. The zero-order valence-electron chi connectivity index (χ0n) is 22.1. The van der Waals surface area contributed by atoms with Gasteiger partial charge in [0, 0.05) is 24.2 Å². The minimum Gasteiger partial charge on any atom is -0.496 e. The Morgan fingerprint density at radius 3 is 2.02 bits per heavy atom. The van der Waals surface area contributed by atoms with Gasteiger partial charge in [-0.15, -0.1) is 0 Å². The topological polar surface area (TPSA) is 65.1 Å². The van der Waals surface area contributed by atoms with Crippen molar-refractivity contribution in [3.8, 4) is 16.9 Å². The van der Waals surface area contributed by atoms with Gasteiger partial charge in [0.05, 0.1) is 20.0 Å². The lowest BCUT2D eigenvalue weighted by molar-refractivity contribution is -0.195. The van der Waals surface area contributed by atoms with Crippen molar-refractivity contribution in [2.45, 2.75) is 18.4 Å².